The standard InChI is InChI=1S/C22H30NO4/c1-23-15-11-12-19(18-23)22(24)27-17-10-6-4-3-5-9-16-26-21-14-8-7-13-20(21)25-2/h7-8,11-15,18H,3-6,9-10,16-17H2,1-2H3/q+1. The molecule has 0 aliphatic carbocycles. The van der Waals surface area contributed by atoms with Gasteiger partial charge in [0.15, 0.2) is 23.9 Å². The molecule has 0 saturated heterocycles. The Morgan fingerprint density at radius 2 is 1.56 bits per heavy atom. The van der Waals surface area contributed by atoms with Crippen LogP contribution in [0.1, 0.15) is 48.9 Å². The molecule has 0 saturated carbocycles. The van der Waals surface area contributed by atoms with Crippen molar-refractivity contribution >= 4 is 5.97 Å². The molecule has 27 heavy (non-hydrogen) atoms. The molecule has 0 atom stereocenters. The van der Waals surface area contributed by atoms with Crippen molar-refractivity contribution in [2.45, 2.75) is 38.5 Å². The largest absolute Gasteiger partial charge is 0.493 e. The molecular formula is C22H30NO4+. The maximum absolute atomic E-state index is 11.9. The van der Waals surface area contributed by atoms with Crippen LogP contribution in [-0.4, -0.2) is 26.3 Å². The van der Waals surface area contributed by atoms with Gasteiger partial charge in [0.2, 0.25) is 0 Å². The molecule has 0 bridgehead atoms. The van der Waals surface area contributed by atoms with E-state index in [1.807, 2.05) is 48.1 Å². The minimum Gasteiger partial charge on any atom is -0.493 e. The van der Waals surface area contributed by atoms with Crippen molar-refractivity contribution in [3.8, 4) is 11.5 Å². The summed E-state index contributed by atoms with van der Waals surface area (Å²) in [6.07, 6.45) is 10.1. The van der Waals surface area contributed by atoms with Crippen molar-refractivity contribution in [1.82, 2.24) is 0 Å². The minimum atomic E-state index is -0.250. The average molecular weight is 372 g/mol. The van der Waals surface area contributed by atoms with Crippen LogP contribution >= 0.6 is 0 Å². The fourth-order valence-corrected chi connectivity index (χ4v) is 2.79. The predicted molar refractivity (Wildman–Crippen MR) is 104 cm³/mol. The molecule has 1 heterocycles. The Labute approximate surface area is 161 Å². The lowest BCUT2D eigenvalue weighted by Gasteiger charge is -2.10. The van der Waals surface area contributed by atoms with Gasteiger partial charge in [0, 0.05) is 6.07 Å². The number of aromatic nitrogens is 1. The summed E-state index contributed by atoms with van der Waals surface area (Å²) in [6, 6.07) is 11.3. The highest BCUT2D eigenvalue weighted by Crippen LogP contribution is 2.25. The third-order valence-electron chi connectivity index (χ3n) is 4.27. The number of ether oxygens (including phenoxy) is 3. The lowest BCUT2D eigenvalue weighted by molar-refractivity contribution is -0.671. The third kappa shape index (κ3) is 7.69. The molecular weight excluding hydrogens is 342 g/mol. The van der Waals surface area contributed by atoms with Gasteiger partial charge in [-0.2, -0.15) is 0 Å². The van der Waals surface area contributed by atoms with Gasteiger partial charge in [-0.3, -0.25) is 0 Å². The zero-order chi connectivity index (χ0) is 19.3. The smallest absolute Gasteiger partial charge is 0.344 e. The van der Waals surface area contributed by atoms with Gasteiger partial charge >= 0.3 is 5.97 Å². The minimum absolute atomic E-state index is 0.250. The Bertz CT molecular complexity index is 702. The number of carbonyl (C=O) groups is 1. The van der Waals surface area contributed by atoms with Crippen LogP contribution in [0.3, 0.4) is 0 Å². The van der Waals surface area contributed by atoms with E-state index in [1.165, 1.54) is 0 Å². The summed E-state index contributed by atoms with van der Waals surface area (Å²) in [7, 11) is 3.54. The van der Waals surface area contributed by atoms with Crippen molar-refractivity contribution in [2.75, 3.05) is 20.3 Å². The van der Waals surface area contributed by atoms with Crippen molar-refractivity contribution in [1.29, 1.82) is 0 Å². The first kappa shape index (κ1) is 20.7. The number of carbonyl (C=O) groups excluding carboxylic acids is 1. The molecule has 0 N–H and O–H groups in total. The fourth-order valence-electron chi connectivity index (χ4n) is 2.79. The summed E-state index contributed by atoms with van der Waals surface area (Å²) in [6.45, 7) is 1.18. The number of hydrogen-bond donors (Lipinski definition) is 0. The number of unbranched alkanes of at least 4 members (excludes halogenated alkanes) is 5. The van der Waals surface area contributed by atoms with Gasteiger partial charge in [-0.05, 0) is 31.0 Å². The first-order chi connectivity index (χ1) is 13.2. The SMILES string of the molecule is COc1ccccc1OCCCCCCCCOC(=O)c1ccc[n+](C)c1. The van der Waals surface area contributed by atoms with E-state index in [0.717, 1.165) is 50.0 Å². The summed E-state index contributed by atoms with van der Waals surface area (Å²) in [5.41, 5.74) is 0.593. The van der Waals surface area contributed by atoms with E-state index in [0.29, 0.717) is 18.8 Å². The number of methoxy groups -OCH3 is 1. The monoisotopic (exact) mass is 372 g/mol. The number of benzene rings is 1. The fraction of sp³-hybridized carbons (Fsp3) is 0.455. The van der Waals surface area contributed by atoms with Crippen molar-refractivity contribution < 1.29 is 23.6 Å². The van der Waals surface area contributed by atoms with Gasteiger partial charge < -0.3 is 14.2 Å². The summed E-state index contributed by atoms with van der Waals surface area (Å²) in [5, 5.41) is 0. The number of nitrogens with zero attached hydrogens (tertiary/aromatic N) is 1. The summed E-state index contributed by atoms with van der Waals surface area (Å²) in [4.78, 5) is 11.9. The molecule has 0 amide bonds. The zero-order valence-corrected chi connectivity index (χ0v) is 16.4. The highest BCUT2D eigenvalue weighted by atomic mass is 16.5. The molecule has 5 nitrogen and oxygen atoms in total. The van der Waals surface area contributed by atoms with E-state index in [1.54, 1.807) is 19.4 Å². The van der Waals surface area contributed by atoms with Gasteiger partial charge in [0.05, 0.1) is 20.3 Å². The molecule has 146 valence electrons. The normalized spacial score (nSPS) is 10.4. The molecule has 2 rings (SSSR count). The van der Waals surface area contributed by atoms with Crippen molar-refractivity contribution in [3.63, 3.8) is 0 Å². The van der Waals surface area contributed by atoms with Crippen LogP contribution in [0.15, 0.2) is 48.8 Å². The molecule has 0 fully saturated rings. The maximum atomic E-state index is 11.9. The molecule has 2 aromatic rings. The Morgan fingerprint density at radius 3 is 2.26 bits per heavy atom. The van der Waals surface area contributed by atoms with Crippen LogP contribution in [0.4, 0.5) is 0 Å². The van der Waals surface area contributed by atoms with Crippen LogP contribution < -0.4 is 14.0 Å². The highest BCUT2D eigenvalue weighted by Gasteiger charge is 2.09. The molecule has 5 heteroatoms. The van der Waals surface area contributed by atoms with E-state index >= 15 is 0 Å². The predicted octanol–water partition coefficient (Wildman–Crippen LogP) is 4.10. The van der Waals surface area contributed by atoms with Gasteiger partial charge in [-0.15, -0.1) is 0 Å². The number of rotatable bonds is 12. The van der Waals surface area contributed by atoms with E-state index in [2.05, 4.69) is 0 Å². The van der Waals surface area contributed by atoms with E-state index < -0.39 is 0 Å². The van der Waals surface area contributed by atoms with Crippen LogP contribution in [0.25, 0.3) is 0 Å². The third-order valence-corrected chi connectivity index (χ3v) is 4.27. The van der Waals surface area contributed by atoms with Crippen LogP contribution in [-0.2, 0) is 11.8 Å². The van der Waals surface area contributed by atoms with Gasteiger partial charge in [0.25, 0.3) is 0 Å². The quantitative estimate of drug-likeness (QED) is 0.320. The number of pyridine rings is 1. The second-order valence-corrected chi connectivity index (χ2v) is 6.51. The molecule has 0 unspecified atom stereocenters. The molecule has 0 spiro atoms. The molecule has 1 aromatic carbocycles. The second-order valence-electron chi connectivity index (χ2n) is 6.51. The Morgan fingerprint density at radius 1 is 0.889 bits per heavy atom. The highest BCUT2D eigenvalue weighted by molar-refractivity contribution is 5.88. The number of hydrogen-bond acceptors (Lipinski definition) is 4. The summed E-state index contributed by atoms with van der Waals surface area (Å²) >= 11 is 0. The lowest BCUT2D eigenvalue weighted by Crippen LogP contribution is -2.28. The van der Waals surface area contributed by atoms with Crippen LogP contribution in [0, 0.1) is 0 Å². The molecule has 0 aliphatic rings. The Balaban J connectivity index is 1.46. The van der Waals surface area contributed by atoms with Crippen LogP contribution in [0.2, 0.25) is 0 Å². The first-order valence-electron chi connectivity index (χ1n) is 9.59. The van der Waals surface area contributed by atoms with Crippen molar-refractivity contribution in [2.24, 2.45) is 7.05 Å². The van der Waals surface area contributed by atoms with Gasteiger partial charge in [-0.25, -0.2) is 9.36 Å². The Kier molecular flexibility index (Phi) is 9.18. The lowest BCUT2D eigenvalue weighted by atomic mass is 10.1. The first-order valence-corrected chi connectivity index (χ1v) is 9.59. The zero-order valence-electron chi connectivity index (χ0n) is 16.4. The van der Waals surface area contributed by atoms with Gasteiger partial charge in [-0.1, -0.05) is 37.8 Å². The molecule has 1 aromatic heterocycles. The number of aryl methyl sites for hydroxylation is 1. The average Bonchev–Trinajstić information content (AvgIpc) is 2.69. The van der Waals surface area contributed by atoms with Gasteiger partial charge in [0.1, 0.15) is 12.6 Å². The van der Waals surface area contributed by atoms with E-state index in [9.17, 15) is 4.79 Å². The topological polar surface area (TPSA) is 48.6 Å². The Hall–Kier alpha value is -2.56. The van der Waals surface area contributed by atoms with Crippen molar-refractivity contribution in [3.05, 3.63) is 54.4 Å². The maximum Gasteiger partial charge on any atom is 0.344 e. The summed E-state index contributed by atoms with van der Waals surface area (Å²) in [5.74, 6) is 1.32. The van der Waals surface area contributed by atoms with E-state index in [4.69, 9.17) is 14.2 Å². The summed E-state index contributed by atoms with van der Waals surface area (Å²) < 4.78 is 18.2. The number of esters is 1. The molecule has 0 radical (unpaired) electrons. The van der Waals surface area contributed by atoms with E-state index in [-0.39, 0.29) is 5.97 Å². The molecule has 0 aliphatic heterocycles. The van der Waals surface area contributed by atoms with Crippen LogP contribution in [0.5, 0.6) is 11.5 Å². The number of para-hydroxylation sites is 2. The second kappa shape index (κ2) is 11.9.